The predicted octanol–water partition coefficient (Wildman–Crippen LogP) is 2.80. The van der Waals surface area contributed by atoms with Crippen molar-refractivity contribution in [1.29, 1.82) is 0 Å². The third-order valence-electron chi connectivity index (χ3n) is 4.51. The standard InChI is InChI=1S/C18H22FN3O2/c1-12(2)21(11-18(23)24)10-16-15-4-3-5-17(15)22(20-16)14-8-6-13(19)7-9-14/h6-9,12H,3-5,10-11H2,1-2H3,(H,23,24). The van der Waals surface area contributed by atoms with Crippen LogP contribution in [-0.2, 0) is 24.2 Å². The zero-order chi connectivity index (χ0) is 17.3. The molecule has 6 heteroatoms. The average molecular weight is 331 g/mol. The zero-order valence-corrected chi connectivity index (χ0v) is 14.0. The van der Waals surface area contributed by atoms with E-state index in [2.05, 4.69) is 0 Å². The van der Waals surface area contributed by atoms with Gasteiger partial charge in [-0.25, -0.2) is 9.07 Å². The van der Waals surface area contributed by atoms with Crippen LogP contribution in [0.4, 0.5) is 4.39 Å². The highest BCUT2D eigenvalue weighted by Crippen LogP contribution is 2.29. The number of hydrogen-bond donors (Lipinski definition) is 1. The molecule has 5 nitrogen and oxygen atoms in total. The zero-order valence-electron chi connectivity index (χ0n) is 14.0. The first-order valence-electron chi connectivity index (χ1n) is 8.27. The van der Waals surface area contributed by atoms with E-state index >= 15 is 0 Å². The highest BCUT2D eigenvalue weighted by atomic mass is 19.1. The summed E-state index contributed by atoms with van der Waals surface area (Å²) in [7, 11) is 0. The molecule has 0 radical (unpaired) electrons. The van der Waals surface area contributed by atoms with Crippen LogP contribution < -0.4 is 0 Å². The maximum Gasteiger partial charge on any atom is 0.317 e. The van der Waals surface area contributed by atoms with E-state index in [0.29, 0.717) is 6.54 Å². The molecular formula is C18H22FN3O2. The van der Waals surface area contributed by atoms with Gasteiger partial charge in [0, 0.05) is 18.3 Å². The molecule has 1 aliphatic rings. The second-order valence-corrected chi connectivity index (χ2v) is 6.51. The van der Waals surface area contributed by atoms with Crippen LogP contribution in [-0.4, -0.2) is 38.3 Å². The fourth-order valence-electron chi connectivity index (χ4n) is 3.22. The van der Waals surface area contributed by atoms with E-state index in [4.69, 9.17) is 10.2 Å². The quantitative estimate of drug-likeness (QED) is 0.884. The number of fused-ring (bicyclic) bond motifs is 1. The van der Waals surface area contributed by atoms with E-state index in [9.17, 15) is 9.18 Å². The van der Waals surface area contributed by atoms with Crippen LogP contribution in [0, 0.1) is 5.82 Å². The van der Waals surface area contributed by atoms with E-state index in [-0.39, 0.29) is 18.4 Å². The van der Waals surface area contributed by atoms with Gasteiger partial charge < -0.3 is 5.11 Å². The lowest BCUT2D eigenvalue weighted by Crippen LogP contribution is -2.35. The summed E-state index contributed by atoms with van der Waals surface area (Å²) in [5, 5.41) is 13.8. The van der Waals surface area contributed by atoms with Crippen LogP contribution in [0.2, 0.25) is 0 Å². The van der Waals surface area contributed by atoms with Gasteiger partial charge in [0.15, 0.2) is 0 Å². The van der Waals surface area contributed by atoms with Gasteiger partial charge in [-0.1, -0.05) is 0 Å². The highest BCUT2D eigenvalue weighted by molar-refractivity contribution is 5.69. The van der Waals surface area contributed by atoms with Crippen LogP contribution in [0.5, 0.6) is 0 Å². The predicted molar refractivity (Wildman–Crippen MR) is 88.7 cm³/mol. The van der Waals surface area contributed by atoms with Gasteiger partial charge in [0.1, 0.15) is 5.82 Å². The number of halogens is 1. The van der Waals surface area contributed by atoms with Gasteiger partial charge in [-0.15, -0.1) is 0 Å². The molecule has 1 N–H and O–H groups in total. The number of hydrogen-bond acceptors (Lipinski definition) is 3. The molecule has 24 heavy (non-hydrogen) atoms. The van der Waals surface area contributed by atoms with Gasteiger partial charge >= 0.3 is 5.97 Å². The van der Waals surface area contributed by atoms with Gasteiger partial charge in [-0.3, -0.25) is 9.69 Å². The van der Waals surface area contributed by atoms with Gasteiger partial charge in [0.25, 0.3) is 0 Å². The van der Waals surface area contributed by atoms with Crippen molar-refractivity contribution < 1.29 is 14.3 Å². The number of rotatable bonds is 6. The van der Waals surface area contributed by atoms with Crippen LogP contribution in [0.25, 0.3) is 5.69 Å². The molecule has 0 spiro atoms. The summed E-state index contributed by atoms with van der Waals surface area (Å²) >= 11 is 0. The molecule has 1 heterocycles. The third kappa shape index (κ3) is 3.33. The van der Waals surface area contributed by atoms with Crippen molar-refractivity contribution in [1.82, 2.24) is 14.7 Å². The summed E-state index contributed by atoms with van der Waals surface area (Å²) in [6.45, 7) is 4.48. The molecule has 0 amide bonds. The smallest absolute Gasteiger partial charge is 0.317 e. The summed E-state index contributed by atoms with van der Waals surface area (Å²) in [4.78, 5) is 13.0. The molecule has 1 aromatic heterocycles. The lowest BCUT2D eigenvalue weighted by atomic mass is 10.1. The molecule has 0 atom stereocenters. The Morgan fingerprint density at radius 1 is 1.33 bits per heavy atom. The average Bonchev–Trinajstić information content (AvgIpc) is 3.11. The second kappa shape index (κ2) is 6.73. The Bertz CT molecular complexity index is 737. The maximum atomic E-state index is 13.2. The molecule has 3 rings (SSSR count). The van der Waals surface area contributed by atoms with E-state index in [1.165, 1.54) is 17.7 Å². The van der Waals surface area contributed by atoms with Crippen molar-refractivity contribution in [2.24, 2.45) is 0 Å². The fourth-order valence-corrected chi connectivity index (χ4v) is 3.22. The molecule has 2 aromatic rings. The van der Waals surface area contributed by atoms with Crippen LogP contribution in [0.15, 0.2) is 24.3 Å². The van der Waals surface area contributed by atoms with Gasteiger partial charge in [0.2, 0.25) is 0 Å². The Kier molecular flexibility index (Phi) is 4.66. The Labute approximate surface area is 140 Å². The van der Waals surface area contributed by atoms with E-state index in [1.807, 2.05) is 23.4 Å². The topological polar surface area (TPSA) is 58.4 Å². The number of carbonyl (C=O) groups is 1. The van der Waals surface area contributed by atoms with Crippen molar-refractivity contribution in [3.05, 3.63) is 47.0 Å². The normalized spacial score (nSPS) is 13.7. The maximum absolute atomic E-state index is 13.2. The highest BCUT2D eigenvalue weighted by Gasteiger charge is 2.25. The fraction of sp³-hybridized carbons (Fsp3) is 0.444. The number of aromatic nitrogens is 2. The molecule has 0 saturated carbocycles. The van der Waals surface area contributed by atoms with Gasteiger partial charge in [0.05, 0.1) is 17.9 Å². The lowest BCUT2D eigenvalue weighted by Gasteiger charge is -2.23. The first-order chi connectivity index (χ1) is 11.5. The van der Waals surface area contributed by atoms with Crippen molar-refractivity contribution >= 4 is 5.97 Å². The third-order valence-corrected chi connectivity index (χ3v) is 4.51. The van der Waals surface area contributed by atoms with Crippen molar-refractivity contribution in [2.45, 2.75) is 45.7 Å². The van der Waals surface area contributed by atoms with Gasteiger partial charge in [-0.2, -0.15) is 5.10 Å². The van der Waals surface area contributed by atoms with Crippen molar-refractivity contribution in [3.8, 4) is 5.69 Å². The SMILES string of the molecule is CC(C)N(CC(=O)O)Cc1nn(-c2ccc(F)cc2)c2c1CCC2. The Morgan fingerprint density at radius 2 is 2.04 bits per heavy atom. The molecule has 0 fully saturated rings. The number of carboxylic acid groups (broad SMARTS) is 1. The number of carboxylic acids is 1. The first-order valence-corrected chi connectivity index (χ1v) is 8.27. The molecule has 128 valence electrons. The number of nitrogens with zero attached hydrogens (tertiary/aromatic N) is 3. The summed E-state index contributed by atoms with van der Waals surface area (Å²) < 4.78 is 15.1. The van der Waals surface area contributed by atoms with Crippen LogP contribution >= 0.6 is 0 Å². The summed E-state index contributed by atoms with van der Waals surface area (Å²) in [6.07, 6.45) is 2.98. The van der Waals surface area contributed by atoms with Crippen LogP contribution in [0.3, 0.4) is 0 Å². The molecule has 1 aromatic carbocycles. The van der Waals surface area contributed by atoms with Gasteiger partial charge in [-0.05, 0) is 62.9 Å². The minimum Gasteiger partial charge on any atom is -0.480 e. The molecular weight excluding hydrogens is 309 g/mol. The van der Waals surface area contributed by atoms with Crippen molar-refractivity contribution in [2.75, 3.05) is 6.54 Å². The summed E-state index contributed by atoms with van der Waals surface area (Å²) in [6, 6.07) is 6.44. The van der Waals surface area contributed by atoms with E-state index < -0.39 is 5.97 Å². The van der Waals surface area contributed by atoms with E-state index in [0.717, 1.165) is 36.3 Å². The number of aliphatic carboxylic acids is 1. The molecule has 0 aliphatic heterocycles. The minimum atomic E-state index is -0.835. The molecule has 0 saturated heterocycles. The molecule has 0 bridgehead atoms. The van der Waals surface area contributed by atoms with E-state index in [1.54, 1.807) is 12.1 Å². The Morgan fingerprint density at radius 3 is 2.67 bits per heavy atom. The summed E-state index contributed by atoms with van der Waals surface area (Å²) in [5.74, 6) is -1.10. The number of benzene rings is 1. The molecule has 0 unspecified atom stereocenters. The largest absolute Gasteiger partial charge is 0.480 e. The Hall–Kier alpha value is -2.21. The lowest BCUT2D eigenvalue weighted by molar-refractivity contribution is -0.139. The monoisotopic (exact) mass is 331 g/mol. The van der Waals surface area contributed by atoms with Crippen molar-refractivity contribution in [3.63, 3.8) is 0 Å². The minimum absolute atomic E-state index is 0.00412. The first kappa shape index (κ1) is 16.6. The molecule has 1 aliphatic carbocycles. The van der Waals surface area contributed by atoms with Crippen LogP contribution in [0.1, 0.15) is 37.2 Å². The second-order valence-electron chi connectivity index (χ2n) is 6.51. The summed E-state index contributed by atoms with van der Waals surface area (Å²) in [5.41, 5.74) is 4.16. The Balaban J connectivity index is 1.93.